The first kappa shape index (κ1) is 11.9. The van der Waals surface area contributed by atoms with Gasteiger partial charge in [-0.15, -0.1) is 0 Å². The van der Waals surface area contributed by atoms with Gasteiger partial charge >= 0.3 is 0 Å². The molecule has 0 aromatic rings. The van der Waals surface area contributed by atoms with E-state index in [4.69, 9.17) is 4.74 Å². The molecule has 98 valence electrons. The van der Waals surface area contributed by atoms with E-state index in [-0.39, 0.29) is 0 Å². The maximum atomic E-state index is 5.43. The van der Waals surface area contributed by atoms with E-state index in [1.807, 2.05) is 7.11 Å². The molecule has 2 fully saturated rings. The highest BCUT2D eigenvalue weighted by molar-refractivity contribution is 5.47. The summed E-state index contributed by atoms with van der Waals surface area (Å²) < 4.78 is 7.54. The molecule has 18 heavy (non-hydrogen) atoms. The van der Waals surface area contributed by atoms with Crippen molar-refractivity contribution in [2.24, 2.45) is 0 Å². The van der Waals surface area contributed by atoms with E-state index >= 15 is 0 Å². The van der Waals surface area contributed by atoms with Crippen molar-refractivity contribution in [3.63, 3.8) is 0 Å². The van der Waals surface area contributed by atoms with Crippen LogP contribution in [-0.4, -0.2) is 55.6 Å². The molecule has 0 aromatic heterocycles. The highest BCUT2D eigenvalue weighted by Gasteiger charge is 2.24. The van der Waals surface area contributed by atoms with Crippen molar-refractivity contribution in [3.8, 4) is 0 Å². The third-order valence-electron chi connectivity index (χ3n) is 4.18. The van der Waals surface area contributed by atoms with Crippen LogP contribution in [0.5, 0.6) is 0 Å². The fraction of sp³-hybridized carbons (Fsp3) is 0.533. The number of likely N-dealkylation sites (tertiary alicyclic amines) is 1. The fourth-order valence-electron chi connectivity index (χ4n) is 3.10. The summed E-state index contributed by atoms with van der Waals surface area (Å²) in [5, 5.41) is 0. The van der Waals surface area contributed by atoms with Crippen molar-refractivity contribution in [2.75, 3.05) is 33.3 Å². The van der Waals surface area contributed by atoms with Crippen LogP contribution >= 0.6 is 0 Å². The second kappa shape index (κ2) is 4.82. The topological polar surface area (TPSA) is 15.5 Å². The van der Waals surface area contributed by atoms with Gasteiger partial charge < -0.3 is 14.2 Å². The summed E-state index contributed by atoms with van der Waals surface area (Å²) in [6, 6.07) is 1.31. The van der Waals surface area contributed by atoms with E-state index in [2.05, 4.69) is 34.8 Å². The van der Waals surface area contributed by atoms with E-state index in [1.165, 1.54) is 17.2 Å². The van der Waals surface area contributed by atoms with Gasteiger partial charge in [-0.3, -0.25) is 0 Å². The van der Waals surface area contributed by atoms with Crippen LogP contribution < -0.4 is 0 Å². The first-order valence-corrected chi connectivity index (χ1v) is 6.72. The number of rotatable bonds is 3. The highest BCUT2D eigenvalue weighted by atomic mass is 16.5. The molecule has 3 nitrogen and oxygen atoms in total. The maximum Gasteiger partial charge on any atom is 0.121 e. The Morgan fingerprint density at radius 1 is 1.67 bits per heavy atom. The second-order valence-electron chi connectivity index (χ2n) is 5.31. The van der Waals surface area contributed by atoms with Gasteiger partial charge in [0.05, 0.1) is 12.8 Å². The van der Waals surface area contributed by atoms with Crippen LogP contribution in [0.4, 0.5) is 0 Å². The van der Waals surface area contributed by atoms with Gasteiger partial charge in [0, 0.05) is 26.2 Å². The van der Waals surface area contributed by atoms with Crippen LogP contribution in [0.25, 0.3) is 0 Å². The molecular formula is C15H21N2O-. The van der Waals surface area contributed by atoms with Gasteiger partial charge in [-0.1, -0.05) is 0 Å². The van der Waals surface area contributed by atoms with Crippen LogP contribution in [0.15, 0.2) is 23.3 Å². The lowest BCUT2D eigenvalue weighted by atomic mass is 9.93. The zero-order valence-electron chi connectivity index (χ0n) is 11.1. The fourth-order valence-corrected chi connectivity index (χ4v) is 3.10. The summed E-state index contributed by atoms with van der Waals surface area (Å²) in [5.74, 6) is 0. The van der Waals surface area contributed by atoms with Crippen molar-refractivity contribution in [1.29, 1.82) is 0 Å². The van der Waals surface area contributed by atoms with Gasteiger partial charge in [-0.05, 0) is 19.4 Å². The Bertz CT molecular complexity index is 411. The first-order chi connectivity index (χ1) is 8.78. The number of fused-ring (bicyclic) bond motifs is 1. The molecule has 0 radical (unpaired) electrons. The zero-order chi connectivity index (χ0) is 12.5. The average molecular weight is 245 g/mol. The van der Waals surface area contributed by atoms with Gasteiger partial charge in [-0.2, -0.15) is 11.6 Å². The molecule has 2 heterocycles. The monoisotopic (exact) mass is 245 g/mol. The smallest absolute Gasteiger partial charge is 0.121 e. The van der Waals surface area contributed by atoms with Crippen LogP contribution in [0.3, 0.4) is 0 Å². The number of ether oxygens (including phenoxy) is 1. The van der Waals surface area contributed by atoms with Gasteiger partial charge in [0.15, 0.2) is 0 Å². The summed E-state index contributed by atoms with van der Waals surface area (Å²) in [6.45, 7) is 8.39. The lowest BCUT2D eigenvalue weighted by Crippen LogP contribution is -2.26. The molecule has 3 heteroatoms. The maximum absolute atomic E-state index is 5.43. The van der Waals surface area contributed by atoms with Gasteiger partial charge in [-0.25, -0.2) is 18.1 Å². The molecule has 0 aromatic carbocycles. The highest BCUT2D eigenvalue weighted by Crippen LogP contribution is 2.34. The van der Waals surface area contributed by atoms with Gasteiger partial charge in [0.25, 0.3) is 0 Å². The molecule has 3 aliphatic rings. The quantitative estimate of drug-likeness (QED) is 0.552. The average Bonchev–Trinajstić information content (AvgIpc) is 2.98. The molecule has 0 bridgehead atoms. The lowest BCUT2D eigenvalue weighted by molar-refractivity contribution is -0.475. The minimum atomic E-state index is 0.422. The third kappa shape index (κ3) is 2.08. The van der Waals surface area contributed by atoms with Crippen molar-refractivity contribution in [1.82, 2.24) is 4.90 Å². The van der Waals surface area contributed by atoms with Crippen LogP contribution in [0.2, 0.25) is 0 Å². The molecular weight excluding hydrogens is 224 g/mol. The SMILES string of the molecule is C=[N+]1CCC2=C(CN3CC[C@@H](OC)C3)[CH-]C=C[C-]21. The standard InChI is InChI=1S/C15H21N2O/c1-16-8-7-14-12(4-3-5-15(14)16)10-17-9-6-13(11-17)18-2/h3-5,13H,1,6-11H2,2H3/q-1/t13-/m1/s1. The molecule has 0 unspecified atom stereocenters. The third-order valence-corrected chi connectivity index (χ3v) is 4.18. The Kier molecular flexibility index (Phi) is 3.18. The lowest BCUT2D eigenvalue weighted by Gasteiger charge is -2.33. The number of allylic oxidation sites excluding steroid dienone is 1. The summed E-state index contributed by atoms with van der Waals surface area (Å²) >= 11 is 0. The van der Waals surface area contributed by atoms with Crippen molar-refractivity contribution < 1.29 is 9.31 Å². The van der Waals surface area contributed by atoms with E-state index in [0.29, 0.717) is 6.10 Å². The summed E-state index contributed by atoms with van der Waals surface area (Å²) in [7, 11) is 1.81. The molecule has 0 saturated carbocycles. The molecule has 1 atom stereocenters. The molecule has 0 amide bonds. The van der Waals surface area contributed by atoms with Gasteiger partial charge in [0.2, 0.25) is 0 Å². The van der Waals surface area contributed by atoms with Crippen LogP contribution in [0, 0.1) is 12.5 Å². The van der Waals surface area contributed by atoms with Gasteiger partial charge in [0.1, 0.15) is 6.54 Å². The summed E-state index contributed by atoms with van der Waals surface area (Å²) in [4.78, 5) is 2.50. The second-order valence-corrected chi connectivity index (χ2v) is 5.31. The molecule has 0 N–H and O–H groups in total. The molecule has 2 aliphatic heterocycles. The summed E-state index contributed by atoms with van der Waals surface area (Å²) in [6.07, 6.45) is 9.32. The van der Waals surface area contributed by atoms with Crippen molar-refractivity contribution in [2.45, 2.75) is 18.9 Å². The molecule has 0 spiro atoms. The largest absolute Gasteiger partial charge is 0.380 e. The predicted octanol–water partition coefficient (Wildman–Crippen LogP) is 1.43. The minimum Gasteiger partial charge on any atom is -0.380 e. The Balaban J connectivity index is 1.69. The normalized spacial score (nSPS) is 27.9. The number of methoxy groups -OCH3 is 1. The Morgan fingerprint density at radius 3 is 3.33 bits per heavy atom. The Morgan fingerprint density at radius 2 is 2.56 bits per heavy atom. The van der Waals surface area contributed by atoms with E-state index in [0.717, 1.165) is 39.0 Å². The van der Waals surface area contributed by atoms with Crippen molar-refractivity contribution >= 4 is 6.72 Å². The number of hydrogen-bond donors (Lipinski definition) is 0. The van der Waals surface area contributed by atoms with E-state index < -0.39 is 0 Å². The zero-order valence-corrected chi connectivity index (χ0v) is 11.1. The Hall–Kier alpha value is -1.19. The molecule has 1 aliphatic carbocycles. The van der Waals surface area contributed by atoms with Crippen molar-refractivity contribution in [3.05, 3.63) is 35.8 Å². The van der Waals surface area contributed by atoms with E-state index in [9.17, 15) is 0 Å². The molecule has 2 saturated heterocycles. The number of nitrogens with zero attached hydrogens (tertiary/aromatic N) is 2. The summed E-state index contributed by atoms with van der Waals surface area (Å²) in [5.41, 5.74) is 2.96. The van der Waals surface area contributed by atoms with Crippen LogP contribution in [0.1, 0.15) is 12.8 Å². The predicted molar refractivity (Wildman–Crippen MR) is 72.4 cm³/mol. The Labute approximate surface area is 109 Å². The minimum absolute atomic E-state index is 0.422. The van der Waals surface area contributed by atoms with E-state index in [1.54, 1.807) is 0 Å². The number of hydrogen-bond acceptors (Lipinski definition) is 2. The molecule has 3 rings (SSSR count). The van der Waals surface area contributed by atoms with Crippen LogP contribution in [-0.2, 0) is 4.74 Å². The first-order valence-electron chi connectivity index (χ1n) is 6.72.